The van der Waals surface area contributed by atoms with Crippen molar-refractivity contribution in [2.75, 3.05) is 13.1 Å². The van der Waals surface area contributed by atoms with Crippen molar-refractivity contribution in [1.82, 2.24) is 4.90 Å². The number of amides is 1. The fourth-order valence-electron chi connectivity index (χ4n) is 0.926. The van der Waals surface area contributed by atoms with Crippen LogP contribution in [-0.2, 0) is 0 Å². The minimum Gasteiger partial charge on any atom is -0.465 e. The molecule has 0 radical (unpaired) electrons. The Labute approximate surface area is 57.5 Å². The Hall–Kier alpha value is -0.810. The summed E-state index contributed by atoms with van der Waals surface area (Å²) in [6, 6.07) is 0. The zero-order valence-corrected chi connectivity index (χ0v) is 5.27. The van der Waals surface area contributed by atoms with E-state index in [2.05, 4.69) is 0 Å². The van der Waals surface area contributed by atoms with E-state index in [1.54, 1.807) is 0 Å². The molecule has 0 saturated carbocycles. The quantitative estimate of drug-likeness (QED) is 0.398. The highest BCUT2D eigenvalue weighted by Crippen LogP contribution is 2.08. The molecule has 5 heteroatoms. The molecule has 3 N–H and O–H groups in total. The average molecular weight is 147 g/mol. The molecule has 5 nitrogen and oxygen atoms in total. The van der Waals surface area contributed by atoms with Gasteiger partial charge in [0.25, 0.3) is 0 Å². The van der Waals surface area contributed by atoms with Crippen LogP contribution in [0.25, 0.3) is 0 Å². The van der Waals surface area contributed by atoms with Crippen LogP contribution in [0.15, 0.2) is 0 Å². The summed E-state index contributed by atoms with van der Waals surface area (Å²) in [5.41, 5.74) is 0. The van der Waals surface area contributed by atoms with Crippen LogP contribution in [0, 0.1) is 0 Å². The van der Waals surface area contributed by atoms with Gasteiger partial charge in [-0.1, -0.05) is 0 Å². The average Bonchev–Trinajstić information content (AvgIpc) is 2.13. The molecule has 1 saturated heterocycles. The van der Waals surface area contributed by atoms with Gasteiger partial charge in [0.1, 0.15) is 0 Å². The molecular formula is C5H9NO4. The molecule has 1 aliphatic rings. The molecule has 58 valence electrons. The maximum absolute atomic E-state index is 10.2. The highest BCUT2D eigenvalue weighted by molar-refractivity contribution is 5.65. The van der Waals surface area contributed by atoms with Gasteiger partial charge in [0.15, 0.2) is 0 Å². The van der Waals surface area contributed by atoms with Gasteiger partial charge in [-0.15, -0.1) is 0 Å². The lowest BCUT2D eigenvalue weighted by molar-refractivity contribution is 0.0572. The lowest BCUT2D eigenvalue weighted by atomic mass is 10.3. The van der Waals surface area contributed by atoms with E-state index >= 15 is 0 Å². The fraction of sp³-hybridized carbons (Fsp3) is 0.800. The first kappa shape index (κ1) is 7.30. The van der Waals surface area contributed by atoms with Crippen LogP contribution in [-0.4, -0.2) is 51.6 Å². The number of aliphatic hydroxyl groups is 2. The molecule has 1 fully saturated rings. The lowest BCUT2D eigenvalue weighted by Crippen LogP contribution is -2.27. The van der Waals surface area contributed by atoms with Crippen LogP contribution < -0.4 is 0 Å². The minimum atomic E-state index is -1.10. The summed E-state index contributed by atoms with van der Waals surface area (Å²) in [5, 5.41) is 26.1. The Morgan fingerprint density at radius 3 is 1.90 bits per heavy atom. The number of aliphatic hydroxyl groups excluding tert-OH is 2. The van der Waals surface area contributed by atoms with Crippen molar-refractivity contribution >= 4 is 6.09 Å². The van der Waals surface area contributed by atoms with E-state index in [4.69, 9.17) is 15.3 Å². The summed E-state index contributed by atoms with van der Waals surface area (Å²) in [5.74, 6) is 0. The third-order valence-electron chi connectivity index (χ3n) is 1.53. The first-order chi connectivity index (χ1) is 4.61. The van der Waals surface area contributed by atoms with Gasteiger partial charge in [-0.25, -0.2) is 4.79 Å². The van der Waals surface area contributed by atoms with Crippen LogP contribution in [0.1, 0.15) is 0 Å². The van der Waals surface area contributed by atoms with Gasteiger partial charge in [0.05, 0.1) is 25.3 Å². The molecule has 0 spiro atoms. The number of hydrogen-bond donors (Lipinski definition) is 3. The zero-order valence-electron chi connectivity index (χ0n) is 5.27. The summed E-state index contributed by atoms with van der Waals surface area (Å²) in [6.07, 6.45) is -2.94. The Morgan fingerprint density at radius 1 is 1.30 bits per heavy atom. The Morgan fingerprint density at radius 2 is 1.70 bits per heavy atom. The van der Waals surface area contributed by atoms with Gasteiger partial charge in [0.2, 0.25) is 0 Å². The molecule has 2 atom stereocenters. The van der Waals surface area contributed by atoms with Gasteiger partial charge in [-0.05, 0) is 0 Å². The molecule has 1 heterocycles. The molecule has 1 aliphatic heterocycles. The van der Waals surface area contributed by atoms with E-state index in [0.717, 1.165) is 4.90 Å². The zero-order chi connectivity index (χ0) is 7.72. The molecule has 1 amide bonds. The van der Waals surface area contributed by atoms with Gasteiger partial charge in [-0.3, -0.25) is 0 Å². The number of rotatable bonds is 0. The summed E-state index contributed by atoms with van der Waals surface area (Å²) in [4.78, 5) is 11.2. The van der Waals surface area contributed by atoms with E-state index in [-0.39, 0.29) is 13.1 Å². The van der Waals surface area contributed by atoms with Crippen molar-refractivity contribution in [2.45, 2.75) is 12.2 Å². The van der Waals surface area contributed by atoms with Crippen molar-refractivity contribution in [1.29, 1.82) is 0 Å². The molecule has 0 aromatic rings. The van der Waals surface area contributed by atoms with Crippen molar-refractivity contribution in [3.05, 3.63) is 0 Å². The number of β-amino-alcohol motifs (C(OH)–C–C–N with tert-alkyl or cyclic N) is 2. The largest absolute Gasteiger partial charge is 0.465 e. The molecular weight excluding hydrogens is 138 g/mol. The van der Waals surface area contributed by atoms with Crippen molar-refractivity contribution < 1.29 is 20.1 Å². The molecule has 0 aliphatic carbocycles. The number of carboxylic acid groups (broad SMARTS) is 1. The van der Waals surface area contributed by atoms with Crippen LogP contribution in [0.5, 0.6) is 0 Å². The molecule has 0 aromatic heterocycles. The van der Waals surface area contributed by atoms with Gasteiger partial charge in [-0.2, -0.15) is 0 Å². The predicted molar refractivity (Wildman–Crippen MR) is 31.6 cm³/mol. The van der Waals surface area contributed by atoms with Crippen LogP contribution in [0.4, 0.5) is 4.79 Å². The predicted octanol–water partition coefficient (Wildman–Crippen LogP) is -1.30. The van der Waals surface area contributed by atoms with Gasteiger partial charge < -0.3 is 20.2 Å². The van der Waals surface area contributed by atoms with Crippen molar-refractivity contribution in [3.8, 4) is 0 Å². The lowest BCUT2D eigenvalue weighted by Gasteiger charge is -2.08. The summed E-state index contributed by atoms with van der Waals surface area (Å²) in [7, 11) is 0. The topological polar surface area (TPSA) is 81.0 Å². The van der Waals surface area contributed by atoms with E-state index in [1.165, 1.54) is 0 Å². The van der Waals surface area contributed by atoms with Crippen LogP contribution in [0.3, 0.4) is 0 Å². The maximum Gasteiger partial charge on any atom is 0.407 e. The van der Waals surface area contributed by atoms with E-state index in [1.807, 2.05) is 0 Å². The second-order valence-electron chi connectivity index (χ2n) is 2.32. The van der Waals surface area contributed by atoms with E-state index in [9.17, 15) is 4.79 Å². The normalized spacial score (nSPS) is 32.8. The molecule has 1 unspecified atom stereocenters. The fourth-order valence-corrected chi connectivity index (χ4v) is 0.926. The van der Waals surface area contributed by atoms with Gasteiger partial charge >= 0.3 is 6.09 Å². The molecule has 0 bridgehead atoms. The number of carbonyl (C=O) groups is 1. The first-order valence-electron chi connectivity index (χ1n) is 2.95. The Balaban J connectivity index is 2.49. The molecule has 1 rings (SSSR count). The Bertz CT molecular complexity index is 139. The number of hydrogen-bond acceptors (Lipinski definition) is 3. The Kier molecular flexibility index (Phi) is 1.78. The van der Waals surface area contributed by atoms with E-state index in [0.29, 0.717) is 0 Å². The second-order valence-corrected chi connectivity index (χ2v) is 2.32. The maximum atomic E-state index is 10.2. The SMILES string of the molecule is O=C(O)N1CC(O)[C@H](O)C1. The smallest absolute Gasteiger partial charge is 0.407 e. The summed E-state index contributed by atoms with van der Waals surface area (Å²) in [6.45, 7) is 0.0208. The molecule has 10 heavy (non-hydrogen) atoms. The third-order valence-corrected chi connectivity index (χ3v) is 1.53. The second kappa shape index (κ2) is 2.43. The highest BCUT2D eigenvalue weighted by atomic mass is 16.4. The molecule has 0 aromatic carbocycles. The number of nitrogens with zero attached hydrogens (tertiary/aromatic N) is 1. The standard InChI is InChI=1S/C5H9NO4/c7-3-1-6(5(9)10)2-4(3)8/h3-4,7-8H,1-2H2,(H,9,10)/t3-,4?/m1/s1. The minimum absolute atomic E-state index is 0.0104. The van der Waals surface area contributed by atoms with E-state index < -0.39 is 18.3 Å². The summed E-state index contributed by atoms with van der Waals surface area (Å²) < 4.78 is 0. The third kappa shape index (κ3) is 1.19. The van der Waals surface area contributed by atoms with Crippen molar-refractivity contribution in [3.63, 3.8) is 0 Å². The van der Waals surface area contributed by atoms with Crippen molar-refractivity contribution in [2.24, 2.45) is 0 Å². The number of likely N-dealkylation sites (tertiary alicyclic amines) is 1. The monoisotopic (exact) mass is 147 g/mol. The van der Waals surface area contributed by atoms with Gasteiger partial charge in [0, 0.05) is 0 Å². The van der Waals surface area contributed by atoms with Crippen LogP contribution in [0.2, 0.25) is 0 Å². The first-order valence-corrected chi connectivity index (χ1v) is 2.95. The highest BCUT2D eigenvalue weighted by Gasteiger charge is 2.32. The van der Waals surface area contributed by atoms with Crippen LogP contribution >= 0.6 is 0 Å². The summed E-state index contributed by atoms with van der Waals surface area (Å²) >= 11 is 0.